The number of halogens is 1. The molecule has 1 aromatic rings. The van der Waals surface area contributed by atoms with Crippen LogP contribution < -0.4 is 15.4 Å². The Bertz CT molecular complexity index is 520. The SMILES string of the molecule is C=CCOc1ccccc1CNC(=NC)NCCN(CC)C(C)C.I. The van der Waals surface area contributed by atoms with E-state index in [1.807, 2.05) is 18.2 Å². The van der Waals surface area contributed by atoms with Gasteiger partial charge >= 0.3 is 0 Å². The quantitative estimate of drug-likeness (QED) is 0.244. The molecule has 0 heterocycles. The first-order chi connectivity index (χ1) is 11.6. The van der Waals surface area contributed by atoms with Crippen molar-refractivity contribution < 1.29 is 4.74 Å². The average Bonchev–Trinajstić information content (AvgIpc) is 2.59. The maximum Gasteiger partial charge on any atom is 0.191 e. The molecule has 1 aromatic carbocycles. The Labute approximate surface area is 169 Å². The summed E-state index contributed by atoms with van der Waals surface area (Å²) in [4.78, 5) is 6.70. The van der Waals surface area contributed by atoms with Gasteiger partial charge in [0.05, 0.1) is 0 Å². The largest absolute Gasteiger partial charge is 0.489 e. The Hall–Kier alpha value is -1.28. The Morgan fingerprint density at radius 2 is 2.04 bits per heavy atom. The lowest BCUT2D eigenvalue weighted by molar-refractivity contribution is 0.237. The molecule has 0 aliphatic heterocycles. The average molecular weight is 460 g/mol. The van der Waals surface area contributed by atoms with Crippen LogP contribution in [-0.4, -0.2) is 50.2 Å². The summed E-state index contributed by atoms with van der Waals surface area (Å²) < 4.78 is 5.68. The molecule has 0 spiro atoms. The van der Waals surface area contributed by atoms with Gasteiger partial charge < -0.3 is 15.4 Å². The van der Waals surface area contributed by atoms with Crippen LogP contribution in [0.4, 0.5) is 0 Å². The van der Waals surface area contributed by atoms with Gasteiger partial charge in [-0.1, -0.05) is 37.8 Å². The number of nitrogens with zero attached hydrogens (tertiary/aromatic N) is 2. The predicted molar refractivity (Wildman–Crippen MR) is 118 cm³/mol. The molecule has 25 heavy (non-hydrogen) atoms. The van der Waals surface area contributed by atoms with Crippen molar-refractivity contribution >= 4 is 29.9 Å². The summed E-state index contributed by atoms with van der Waals surface area (Å²) in [5.74, 6) is 1.67. The zero-order valence-electron chi connectivity index (χ0n) is 15.9. The fourth-order valence-electron chi connectivity index (χ4n) is 2.44. The van der Waals surface area contributed by atoms with E-state index in [0.29, 0.717) is 19.2 Å². The van der Waals surface area contributed by atoms with Crippen molar-refractivity contribution in [2.24, 2.45) is 4.99 Å². The fraction of sp³-hybridized carbons (Fsp3) is 0.526. The van der Waals surface area contributed by atoms with Gasteiger partial charge in [0.1, 0.15) is 12.4 Å². The molecule has 0 aliphatic carbocycles. The van der Waals surface area contributed by atoms with Gasteiger partial charge in [-0.05, 0) is 26.5 Å². The third kappa shape index (κ3) is 9.11. The van der Waals surface area contributed by atoms with Crippen molar-refractivity contribution in [3.8, 4) is 5.75 Å². The molecule has 0 aromatic heterocycles. The van der Waals surface area contributed by atoms with Crippen LogP contribution in [0, 0.1) is 0 Å². The van der Waals surface area contributed by atoms with Crippen molar-refractivity contribution in [1.29, 1.82) is 0 Å². The summed E-state index contributed by atoms with van der Waals surface area (Å²) in [5, 5.41) is 6.70. The third-order valence-electron chi connectivity index (χ3n) is 3.83. The molecule has 0 amide bonds. The number of nitrogens with one attached hydrogen (secondary N) is 2. The first-order valence-electron chi connectivity index (χ1n) is 8.62. The maximum atomic E-state index is 5.68. The first kappa shape index (κ1) is 23.7. The van der Waals surface area contributed by atoms with Crippen molar-refractivity contribution in [3.63, 3.8) is 0 Å². The van der Waals surface area contributed by atoms with Crippen LogP contribution in [0.5, 0.6) is 5.75 Å². The lowest BCUT2D eigenvalue weighted by atomic mass is 10.2. The highest BCUT2D eigenvalue weighted by molar-refractivity contribution is 14.0. The number of hydrogen-bond donors (Lipinski definition) is 2. The first-order valence-corrected chi connectivity index (χ1v) is 8.62. The number of benzene rings is 1. The molecule has 0 unspecified atom stereocenters. The monoisotopic (exact) mass is 460 g/mol. The van der Waals surface area contributed by atoms with Crippen molar-refractivity contribution in [2.75, 3.05) is 33.3 Å². The second kappa shape index (κ2) is 13.9. The van der Waals surface area contributed by atoms with Gasteiger partial charge in [-0.2, -0.15) is 0 Å². The lowest BCUT2D eigenvalue weighted by Gasteiger charge is -2.25. The van der Waals surface area contributed by atoms with E-state index in [9.17, 15) is 0 Å². The van der Waals surface area contributed by atoms with Crippen LogP contribution in [-0.2, 0) is 6.54 Å². The molecule has 2 N–H and O–H groups in total. The molecule has 0 saturated carbocycles. The van der Waals surface area contributed by atoms with Gasteiger partial charge in [0.25, 0.3) is 0 Å². The Kier molecular flexibility index (Phi) is 13.2. The summed E-state index contributed by atoms with van der Waals surface area (Å²) >= 11 is 0. The number of rotatable bonds is 10. The topological polar surface area (TPSA) is 48.9 Å². The number of guanidine groups is 1. The van der Waals surface area contributed by atoms with E-state index in [4.69, 9.17) is 4.74 Å². The highest BCUT2D eigenvalue weighted by atomic mass is 127. The Morgan fingerprint density at radius 1 is 1.32 bits per heavy atom. The number of aliphatic imine (C=N–C) groups is 1. The summed E-state index contributed by atoms with van der Waals surface area (Å²) in [6, 6.07) is 8.56. The van der Waals surface area contributed by atoms with Gasteiger partial charge in [0.15, 0.2) is 5.96 Å². The van der Waals surface area contributed by atoms with Gasteiger partial charge in [-0.3, -0.25) is 9.89 Å². The molecular formula is C19H33IN4O. The van der Waals surface area contributed by atoms with E-state index >= 15 is 0 Å². The van der Waals surface area contributed by atoms with E-state index in [2.05, 4.69) is 53.9 Å². The van der Waals surface area contributed by atoms with Gasteiger partial charge in [0, 0.05) is 38.3 Å². The Balaban J connectivity index is 0.00000576. The molecule has 0 atom stereocenters. The molecular weight excluding hydrogens is 427 g/mol. The number of likely N-dealkylation sites (N-methyl/N-ethyl adjacent to an activating group) is 1. The molecule has 6 heteroatoms. The van der Waals surface area contributed by atoms with Crippen molar-refractivity contribution in [1.82, 2.24) is 15.5 Å². The van der Waals surface area contributed by atoms with Gasteiger partial charge in [0.2, 0.25) is 0 Å². The van der Waals surface area contributed by atoms with E-state index in [-0.39, 0.29) is 24.0 Å². The molecule has 0 fully saturated rings. The number of hydrogen-bond acceptors (Lipinski definition) is 3. The maximum absolute atomic E-state index is 5.68. The molecule has 0 aliphatic rings. The van der Waals surface area contributed by atoms with E-state index < -0.39 is 0 Å². The van der Waals surface area contributed by atoms with Crippen LogP contribution in [0.1, 0.15) is 26.3 Å². The summed E-state index contributed by atoms with van der Waals surface area (Å²) in [7, 11) is 1.79. The van der Waals surface area contributed by atoms with E-state index in [1.54, 1.807) is 13.1 Å². The lowest BCUT2D eigenvalue weighted by Crippen LogP contribution is -2.42. The van der Waals surface area contributed by atoms with Crippen LogP contribution in [0.2, 0.25) is 0 Å². The second-order valence-corrected chi connectivity index (χ2v) is 5.78. The summed E-state index contributed by atoms with van der Waals surface area (Å²) in [6.45, 7) is 14.4. The van der Waals surface area contributed by atoms with Crippen LogP contribution >= 0.6 is 24.0 Å². The molecule has 5 nitrogen and oxygen atoms in total. The summed E-state index contributed by atoms with van der Waals surface area (Å²) in [6.07, 6.45) is 1.75. The molecule has 0 saturated heterocycles. The molecule has 142 valence electrons. The minimum atomic E-state index is 0. The van der Waals surface area contributed by atoms with Crippen LogP contribution in [0.3, 0.4) is 0 Å². The smallest absolute Gasteiger partial charge is 0.191 e. The van der Waals surface area contributed by atoms with E-state index in [1.165, 1.54) is 0 Å². The standard InChI is InChI=1S/C19H32N4O.HI/c1-6-14-24-18-11-9-8-10-17(18)15-22-19(20-5)21-12-13-23(7-2)16(3)4;/h6,8-11,16H,1,7,12-15H2,2-5H3,(H2,20,21,22);1H. The minimum Gasteiger partial charge on any atom is -0.489 e. The van der Waals surface area contributed by atoms with Crippen molar-refractivity contribution in [2.45, 2.75) is 33.4 Å². The summed E-state index contributed by atoms with van der Waals surface area (Å²) in [5.41, 5.74) is 1.10. The fourth-order valence-corrected chi connectivity index (χ4v) is 2.44. The van der Waals surface area contributed by atoms with Gasteiger partial charge in [-0.25, -0.2) is 0 Å². The van der Waals surface area contributed by atoms with Gasteiger partial charge in [-0.15, -0.1) is 24.0 Å². The number of ether oxygens (including phenoxy) is 1. The molecule has 0 radical (unpaired) electrons. The van der Waals surface area contributed by atoms with E-state index in [0.717, 1.165) is 36.9 Å². The zero-order chi connectivity index (χ0) is 17.8. The predicted octanol–water partition coefficient (Wildman–Crippen LogP) is 3.26. The van der Waals surface area contributed by atoms with Crippen molar-refractivity contribution in [3.05, 3.63) is 42.5 Å². The Morgan fingerprint density at radius 3 is 2.64 bits per heavy atom. The molecule has 1 rings (SSSR count). The number of para-hydroxylation sites is 1. The third-order valence-corrected chi connectivity index (χ3v) is 3.83. The highest BCUT2D eigenvalue weighted by Crippen LogP contribution is 2.17. The minimum absolute atomic E-state index is 0. The second-order valence-electron chi connectivity index (χ2n) is 5.78. The molecule has 0 bridgehead atoms. The van der Waals surface area contributed by atoms with Crippen LogP contribution in [0.15, 0.2) is 41.9 Å². The zero-order valence-corrected chi connectivity index (χ0v) is 18.2. The van der Waals surface area contributed by atoms with Crippen LogP contribution in [0.25, 0.3) is 0 Å². The highest BCUT2D eigenvalue weighted by Gasteiger charge is 2.07. The normalized spacial score (nSPS) is 11.2.